The Morgan fingerprint density at radius 2 is 2.06 bits per heavy atom. The fraction of sp³-hybridized carbons (Fsp3) is 0.500. The van der Waals surface area contributed by atoms with Crippen molar-refractivity contribution in [1.29, 1.82) is 0 Å². The molecule has 0 aliphatic carbocycles. The van der Waals surface area contributed by atoms with E-state index in [0.717, 1.165) is 19.6 Å². The highest BCUT2D eigenvalue weighted by Crippen LogP contribution is 2.18. The van der Waals surface area contributed by atoms with Gasteiger partial charge in [-0.25, -0.2) is 0 Å². The minimum Gasteiger partial charge on any atom is -0.347 e. The van der Waals surface area contributed by atoms with Gasteiger partial charge in [0.1, 0.15) is 0 Å². The maximum atomic E-state index is 3.50. The van der Waals surface area contributed by atoms with E-state index in [2.05, 4.69) is 61.1 Å². The molecule has 18 heavy (non-hydrogen) atoms. The van der Waals surface area contributed by atoms with Crippen molar-refractivity contribution in [2.45, 2.75) is 40.3 Å². The van der Waals surface area contributed by atoms with Crippen LogP contribution in [0.5, 0.6) is 0 Å². The Hall–Kier alpha value is -1.28. The zero-order valence-electron chi connectivity index (χ0n) is 11.7. The second-order valence-electron chi connectivity index (χ2n) is 5.43. The Morgan fingerprint density at radius 1 is 1.22 bits per heavy atom. The zero-order valence-corrected chi connectivity index (χ0v) is 11.7. The second kappa shape index (κ2) is 6.05. The van der Waals surface area contributed by atoms with E-state index < -0.39 is 0 Å². The Morgan fingerprint density at radius 3 is 2.78 bits per heavy atom. The Bertz CT molecular complexity index is 497. The summed E-state index contributed by atoms with van der Waals surface area (Å²) in [6, 6.07) is 8.98. The van der Waals surface area contributed by atoms with Gasteiger partial charge >= 0.3 is 0 Å². The number of hydrogen-bond donors (Lipinski definition) is 1. The van der Waals surface area contributed by atoms with Crippen molar-refractivity contribution in [2.24, 2.45) is 5.92 Å². The first kappa shape index (κ1) is 13.2. The summed E-state index contributed by atoms with van der Waals surface area (Å²) >= 11 is 0. The van der Waals surface area contributed by atoms with Gasteiger partial charge in [0, 0.05) is 24.8 Å². The van der Waals surface area contributed by atoms with Gasteiger partial charge in [-0.05, 0) is 42.0 Å². The lowest BCUT2D eigenvalue weighted by Gasteiger charge is -2.09. The van der Waals surface area contributed by atoms with E-state index in [0.29, 0.717) is 5.92 Å². The molecule has 0 aliphatic heterocycles. The first-order chi connectivity index (χ1) is 8.70. The molecule has 0 saturated carbocycles. The summed E-state index contributed by atoms with van der Waals surface area (Å²) in [6.07, 6.45) is 3.37. The van der Waals surface area contributed by atoms with Crippen LogP contribution in [-0.4, -0.2) is 11.1 Å². The van der Waals surface area contributed by atoms with E-state index in [4.69, 9.17) is 0 Å². The number of aryl methyl sites for hydroxylation is 1. The van der Waals surface area contributed by atoms with Crippen molar-refractivity contribution < 1.29 is 0 Å². The monoisotopic (exact) mass is 244 g/mol. The average molecular weight is 244 g/mol. The SMILES string of the molecule is CCCn1ccc2ccc(CNCC(C)C)cc21. The highest BCUT2D eigenvalue weighted by molar-refractivity contribution is 5.80. The fourth-order valence-electron chi connectivity index (χ4n) is 2.28. The Kier molecular flexibility index (Phi) is 4.43. The van der Waals surface area contributed by atoms with Crippen LogP contribution in [0.15, 0.2) is 30.5 Å². The Balaban J connectivity index is 2.12. The number of benzene rings is 1. The van der Waals surface area contributed by atoms with E-state index in [1.807, 2.05) is 0 Å². The first-order valence-electron chi connectivity index (χ1n) is 6.99. The maximum Gasteiger partial charge on any atom is 0.0483 e. The predicted octanol–water partition coefficient (Wildman–Crippen LogP) is 3.80. The molecular formula is C16H24N2. The van der Waals surface area contributed by atoms with Gasteiger partial charge in [-0.15, -0.1) is 0 Å². The lowest BCUT2D eigenvalue weighted by atomic mass is 10.1. The van der Waals surface area contributed by atoms with Crippen molar-refractivity contribution in [3.8, 4) is 0 Å². The summed E-state index contributed by atoms with van der Waals surface area (Å²) in [5.74, 6) is 0.706. The van der Waals surface area contributed by atoms with Gasteiger partial charge in [-0.2, -0.15) is 0 Å². The average Bonchev–Trinajstić information content (AvgIpc) is 2.72. The van der Waals surface area contributed by atoms with Crippen LogP contribution in [-0.2, 0) is 13.1 Å². The van der Waals surface area contributed by atoms with Crippen LogP contribution in [0.4, 0.5) is 0 Å². The van der Waals surface area contributed by atoms with Crippen molar-refractivity contribution in [1.82, 2.24) is 9.88 Å². The molecule has 0 radical (unpaired) electrons. The highest BCUT2D eigenvalue weighted by Gasteiger charge is 2.02. The molecule has 0 fully saturated rings. The van der Waals surface area contributed by atoms with Gasteiger partial charge in [-0.3, -0.25) is 0 Å². The molecule has 98 valence electrons. The normalized spacial score (nSPS) is 11.6. The van der Waals surface area contributed by atoms with Crippen molar-refractivity contribution in [3.05, 3.63) is 36.0 Å². The van der Waals surface area contributed by atoms with E-state index in [1.165, 1.54) is 22.9 Å². The molecule has 0 amide bonds. The molecule has 0 aliphatic rings. The van der Waals surface area contributed by atoms with E-state index >= 15 is 0 Å². The smallest absolute Gasteiger partial charge is 0.0483 e. The molecule has 0 unspecified atom stereocenters. The Labute approximate surface area is 110 Å². The van der Waals surface area contributed by atoms with Crippen molar-refractivity contribution >= 4 is 10.9 Å². The molecule has 0 spiro atoms. The molecule has 0 bridgehead atoms. The zero-order chi connectivity index (χ0) is 13.0. The first-order valence-corrected chi connectivity index (χ1v) is 6.99. The quantitative estimate of drug-likeness (QED) is 0.818. The number of nitrogens with one attached hydrogen (secondary N) is 1. The van der Waals surface area contributed by atoms with E-state index in [1.54, 1.807) is 0 Å². The number of rotatable bonds is 6. The van der Waals surface area contributed by atoms with E-state index in [-0.39, 0.29) is 0 Å². The third-order valence-corrected chi connectivity index (χ3v) is 3.18. The van der Waals surface area contributed by atoms with Crippen molar-refractivity contribution in [3.63, 3.8) is 0 Å². The fourth-order valence-corrected chi connectivity index (χ4v) is 2.28. The molecule has 1 heterocycles. The third-order valence-electron chi connectivity index (χ3n) is 3.18. The molecule has 2 nitrogen and oxygen atoms in total. The summed E-state index contributed by atoms with van der Waals surface area (Å²) in [7, 11) is 0. The molecule has 1 N–H and O–H groups in total. The molecule has 0 saturated heterocycles. The molecular weight excluding hydrogens is 220 g/mol. The lowest BCUT2D eigenvalue weighted by Crippen LogP contribution is -2.18. The van der Waals surface area contributed by atoms with Crippen LogP contribution in [0.2, 0.25) is 0 Å². The predicted molar refractivity (Wildman–Crippen MR) is 78.8 cm³/mol. The second-order valence-corrected chi connectivity index (χ2v) is 5.43. The molecule has 2 heteroatoms. The molecule has 1 aromatic carbocycles. The number of aromatic nitrogens is 1. The number of hydrogen-bond acceptors (Lipinski definition) is 1. The largest absolute Gasteiger partial charge is 0.347 e. The van der Waals surface area contributed by atoms with Gasteiger partial charge in [0.2, 0.25) is 0 Å². The van der Waals surface area contributed by atoms with Crippen LogP contribution < -0.4 is 5.32 Å². The number of nitrogens with zero attached hydrogens (tertiary/aromatic N) is 1. The molecule has 2 aromatic rings. The third kappa shape index (κ3) is 3.14. The van der Waals surface area contributed by atoms with Gasteiger partial charge in [0.15, 0.2) is 0 Å². The maximum absolute atomic E-state index is 3.50. The molecule has 0 atom stereocenters. The highest BCUT2D eigenvalue weighted by atomic mass is 14.9. The van der Waals surface area contributed by atoms with Crippen LogP contribution in [0.25, 0.3) is 10.9 Å². The minimum atomic E-state index is 0.706. The topological polar surface area (TPSA) is 17.0 Å². The molecule has 1 aromatic heterocycles. The summed E-state index contributed by atoms with van der Waals surface area (Å²) in [5, 5.41) is 4.84. The number of fused-ring (bicyclic) bond motifs is 1. The minimum absolute atomic E-state index is 0.706. The summed E-state index contributed by atoms with van der Waals surface area (Å²) in [6.45, 7) is 9.84. The van der Waals surface area contributed by atoms with Crippen LogP contribution in [0, 0.1) is 5.92 Å². The standard InChI is InChI=1S/C16H24N2/c1-4-8-18-9-7-15-6-5-14(10-16(15)18)12-17-11-13(2)3/h5-7,9-10,13,17H,4,8,11-12H2,1-3H3. The summed E-state index contributed by atoms with van der Waals surface area (Å²) in [5.41, 5.74) is 2.74. The van der Waals surface area contributed by atoms with E-state index in [9.17, 15) is 0 Å². The van der Waals surface area contributed by atoms with Gasteiger partial charge < -0.3 is 9.88 Å². The van der Waals surface area contributed by atoms with Gasteiger partial charge in [-0.1, -0.05) is 32.9 Å². The van der Waals surface area contributed by atoms with Crippen LogP contribution >= 0.6 is 0 Å². The van der Waals surface area contributed by atoms with Gasteiger partial charge in [0.05, 0.1) is 0 Å². The summed E-state index contributed by atoms with van der Waals surface area (Å²) < 4.78 is 2.35. The molecule has 2 rings (SSSR count). The van der Waals surface area contributed by atoms with Crippen LogP contribution in [0.3, 0.4) is 0 Å². The van der Waals surface area contributed by atoms with Gasteiger partial charge in [0.25, 0.3) is 0 Å². The van der Waals surface area contributed by atoms with Crippen molar-refractivity contribution in [2.75, 3.05) is 6.54 Å². The summed E-state index contributed by atoms with van der Waals surface area (Å²) in [4.78, 5) is 0. The lowest BCUT2D eigenvalue weighted by molar-refractivity contribution is 0.552. The van der Waals surface area contributed by atoms with Crippen LogP contribution in [0.1, 0.15) is 32.8 Å².